The molecule has 0 aliphatic rings. The smallest absolute Gasteiger partial charge is 0.124 e. The third-order valence-corrected chi connectivity index (χ3v) is 4.44. The molecule has 3 nitrogen and oxygen atoms in total. The van der Waals surface area contributed by atoms with E-state index in [0.29, 0.717) is 34.8 Å². The van der Waals surface area contributed by atoms with Gasteiger partial charge in [0.1, 0.15) is 18.1 Å². The molecule has 0 aliphatic carbocycles. The minimum absolute atomic E-state index is 0. The van der Waals surface area contributed by atoms with Gasteiger partial charge < -0.3 is 14.5 Å². The van der Waals surface area contributed by atoms with Crippen LogP contribution in [0.2, 0.25) is 15.1 Å². The normalized spacial score (nSPS) is 10.4. The van der Waals surface area contributed by atoms with Gasteiger partial charge in [0.15, 0.2) is 0 Å². The molecule has 0 saturated carbocycles. The first-order chi connectivity index (χ1) is 12.1. The Bertz CT molecular complexity index is 838. The molecular formula is C19H17Cl4NO2. The highest BCUT2D eigenvalue weighted by Gasteiger charge is 2.08. The molecular weight excluding hydrogens is 416 g/mol. The molecule has 138 valence electrons. The number of rotatable bonds is 7. The maximum Gasteiger partial charge on any atom is 0.124 e. The summed E-state index contributed by atoms with van der Waals surface area (Å²) in [5, 5.41) is 5.15. The summed E-state index contributed by atoms with van der Waals surface area (Å²) in [5.41, 5.74) is 1.83. The summed E-state index contributed by atoms with van der Waals surface area (Å²) in [6, 6.07) is 14.7. The van der Waals surface area contributed by atoms with Crippen LogP contribution in [-0.4, -0.2) is 0 Å². The molecule has 3 rings (SSSR count). The highest BCUT2D eigenvalue weighted by Crippen LogP contribution is 2.26. The number of benzene rings is 2. The van der Waals surface area contributed by atoms with Gasteiger partial charge in [0.2, 0.25) is 0 Å². The van der Waals surface area contributed by atoms with Gasteiger partial charge in [-0.3, -0.25) is 0 Å². The Morgan fingerprint density at radius 1 is 0.885 bits per heavy atom. The zero-order valence-corrected chi connectivity index (χ0v) is 16.8. The monoisotopic (exact) mass is 431 g/mol. The summed E-state index contributed by atoms with van der Waals surface area (Å²) in [6.07, 6.45) is 1.65. The van der Waals surface area contributed by atoms with E-state index >= 15 is 0 Å². The third-order valence-electron chi connectivity index (χ3n) is 3.62. The molecule has 7 heteroatoms. The van der Waals surface area contributed by atoms with E-state index in [-0.39, 0.29) is 12.4 Å². The van der Waals surface area contributed by atoms with E-state index in [1.807, 2.05) is 30.3 Å². The molecule has 3 aromatic rings. The quantitative estimate of drug-likeness (QED) is 0.460. The first-order valence-corrected chi connectivity index (χ1v) is 8.83. The molecule has 1 aromatic heterocycles. The second kappa shape index (κ2) is 10.1. The Morgan fingerprint density at radius 2 is 1.65 bits per heavy atom. The fraction of sp³-hybridized carbons (Fsp3) is 0.158. The molecule has 0 aliphatic heterocycles. The van der Waals surface area contributed by atoms with Gasteiger partial charge in [0.05, 0.1) is 12.8 Å². The molecule has 0 bridgehead atoms. The molecule has 0 amide bonds. The Kier molecular flexibility index (Phi) is 8.14. The average Bonchev–Trinajstić information content (AvgIpc) is 3.09. The lowest BCUT2D eigenvalue weighted by Crippen LogP contribution is -2.13. The zero-order chi connectivity index (χ0) is 17.6. The highest BCUT2D eigenvalue weighted by molar-refractivity contribution is 6.35. The Labute approximate surface area is 173 Å². The number of ether oxygens (including phenoxy) is 1. The van der Waals surface area contributed by atoms with Gasteiger partial charge in [-0.1, -0.05) is 40.9 Å². The third kappa shape index (κ3) is 5.83. The molecule has 0 atom stereocenters. The van der Waals surface area contributed by atoms with E-state index in [0.717, 1.165) is 22.6 Å². The molecule has 2 aromatic carbocycles. The van der Waals surface area contributed by atoms with E-state index in [1.54, 1.807) is 24.5 Å². The predicted molar refractivity (Wildman–Crippen MR) is 109 cm³/mol. The maximum atomic E-state index is 6.19. The zero-order valence-electron chi connectivity index (χ0n) is 13.7. The Morgan fingerprint density at radius 3 is 2.38 bits per heavy atom. The van der Waals surface area contributed by atoms with Crippen LogP contribution in [0.15, 0.2) is 59.2 Å². The molecule has 1 heterocycles. The first-order valence-electron chi connectivity index (χ1n) is 7.70. The lowest BCUT2D eigenvalue weighted by atomic mass is 10.2. The summed E-state index contributed by atoms with van der Waals surface area (Å²) < 4.78 is 11.2. The average molecular weight is 433 g/mol. The van der Waals surface area contributed by atoms with E-state index in [1.165, 1.54) is 0 Å². The van der Waals surface area contributed by atoms with Crippen molar-refractivity contribution in [3.63, 3.8) is 0 Å². The minimum atomic E-state index is 0. The van der Waals surface area contributed by atoms with Crippen LogP contribution in [0, 0.1) is 0 Å². The van der Waals surface area contributed by atoms with E-state index < -0.39 is 0 Å². The molecule has 1 N–H and O–H groups in total. The van der Waals surface area contributed by atoms with Crippen molar-refractivity contribution >= 4 is 47.2 Å². The van der Waals surface area contributed by atoms with Crippen molar-refractivity contribution in [1.82, 2.24) is 5.32 Å². The number of halogens is 4. The van der Waals surface area contributed by atoms with E-state index in [2.05, 4.69) is 5.32 Å². The minimum Gasteiger partial charge on any atom is -0.489 e. The fourth-order valence-electron chi connectivity index (χ4n) is 2.35. The van der Waals surface area contributed by atoms with Crippen LogP contribution in [0.3, 0.4) is 0 Å². The van der Waals surface area contributed by atoms with Gasteiger partial charge in [0, 0.05) is 32.7 Å². The van der Waals surface area contributed by atoms with Gasteiger partial charge >= 0.3 is 0 Å². The lowest BCUT2D eigenvalue weighted by Gasteiger charge is -2.13. The van der Waals surface area contributed by atoms with Crippen LogP contribution >= 0.6 is 47.2 Å². The molecule has 0 radical (unpaired) electrons. The standard InChI is InChI=1S/C19H16Cl3NO2.ClH/c20-15-5-6-19(25-12-13-3-4-16(21)9-18(13)22)14(8-15)10-23-11-17-2-1-7-24-17;/h1-9,23H,10-12H2;1H. The van der Waals surface area contributed by atoms with Crippen LogP contribution in [0.1, 0.15) is 16.9 Å². The summed E-state index contributed by atoms with van der Waals surface area (Å²) in [5.74, 6) is 1.62. The van der Waals surface area contributed by atoms with Gasteiger partial charge in [-0.25, -0.2) is 0 Å². The van der Waals surface area contributed by atoms with Gasteiger partial charge in [-0.05, 0) is 42.5 Å². The number of hydrogen-bond donors (Lipinski definition) is 1. The van der Waals surface area contributed by atoms with Gasteiger partial charge in [0.25, 0.3) is 0 Å². The topological polar surface area (TPSA) is 34.4 Å². The van der Waals surface area contributed by atoms with Crippen LogP contribution < -0.4 is 10.1 Å². The SMILES string of the molecule is Cl.Clc1ccc(COc2ccc(Cl)cc2CNCc2ccco2)c(Cl)c1. The first kappa shape index (κ1) is 20.9. The van der Waals surface area contributed by atoms with Crippen molar-refractivity contribution in [1.29, 1.82) is 0 Å². The summed E-state index contributed by atoms with van der Waals surface area (Å²) >= 11 is 18.2. The highest BCUT2D eigenvalue weighted by atomic mass is 35.5. The van der Waals surface area contributed by atoms with Crippen molar-refractivity contribution in [2.24, 2.45) is 0 Å². The van der Waals surface area contributed by atoms with Crippen LogP contribution in [0.4, 0.5) is 0 Å². The van der Waals surface area contributed by atoms with Crippen molar-refractivity contribution in [3.05, 3.63) is 86.7 Å². The molecule has 26 heavy (non-hydrogen) atoms. The van der Waals surface area contributed by atoms with Crippen LogP contribution in [0.25, 0.3) is 0 Å². The second-order valence-corrected chi connectivity index (χ2v) is 6.74. The molecule has 0 spiro atoms. The molecule has 0 fully saturated rings. The van der Waals surface area contributed by atoms with Crippen molar-refractivity contribution < 1.29 is 9.15 Å². The van der Waals surface area contributed by atoms with E-state index in [4.69, 9.17) is 44.0 Å². The van der Waals surface area contributed by atoms with Crippen molar-refractivity contribution in [3.8, 4) is 5.75 Å². The summed E-state index contributed by atoms with van der Waals surface area (Å²) in [6.45, 7) is 1.58. The number of hydrogen-bond acceptors (Lipinski definition) is 3. The predicted octanol–water partition coefficient (Wildman–Crippen LogP) is 6.53. The summed E-state index contributed by atoms with van der Waals surface area (Å²) in [7, 11) is 0. The largest absolute Gasteiger partial charge is 0.489 e. The Balaban J connectivity index is 0.00000243. The lowest BCUT2D eigenvalue weighted by molar-refractivity contribution is 0.302. The van der Waals surface area contributed by atoms with E-state index in [9.17, 15) is 0 Å². The maximum absolute atomic E-state index is 6.19. The Hall–Kier alpha value is -1.36. The molecule has 0 saturated heterocycles. The second-order valence-electron chi connectivity index (χ2n) is 5.46. The number of furan rings is 1. The van der Waals surface area contributed by atoms with Gasteiger partial charge in [-0.2, -0.15) is 0 Å². The van der Waals surface area contributed by atoms with Crippen LogP contribution in [-0.2, 0) is 19.7 Å². The molecule has 0 unspecified atom stereocenters. The fourth-order valence-corrected chi connectivity index (χ4v) is 3.01. The van der Waals surface area contributed by atoms with Crippen molar-refractivity contribution in [2.45, 2.75) is 19.7 Å². The van der Waals surface area contributed by atoms with Crippen LogP contribution in [0.5, 0.6) is 5.75 Å². The van der Waals surface area contributed by atoms with Crippen molar-refractivity contribution in [2.75, 3.05) is 0 Å². The van der Waals surface area contributed by atoms with Gasteiger partial charge in [-0.15, -0.1) is 12.4 Å². The summed E-state index contributed by atoms with van der Waals surface area (Å²) in [4.78, 5) is 0. The number of nitrogens with one attached hydrogen (secondary N) is 1.